The highest BCUT2D eigenvalue weighted by atomic mass is 79.9. The molecular formula is C15H13BrClNO. The van der Waals surface area contributed by atoms with Gasteiger partial charge in [-0.3, -0.25) is 0 Å². The molecule has 0 spiro atoms. The first kappa shape index (κ1) is 12.8. The van der Waals surface area contributed by atoms with E-state index >= 15 is 0 Å². The Labute approximate surface area is 126 Å². The van der Waals surface area contributed by atoms with E-state index in [2.05, 4.69) is 33.0 Å². The van der Waals surface area contributed by atoms with Crippen molar-refractivity contribution in [2.75, 3.05) is 18.1 Å². The van der Waals surface area contributed by atoms with Crippen molar-refractivity contribution in [3.8, 4) is 5.75 Å². The molecule has 0 fully saturated rings. The summed E-state index contributed by atoms with van der Waals surface area (Å²) in [6, 6.07) is 14.1. The summed E-state index contributed by atoms with van der Waals surface area (Å²) in [6.45, 7) is 2.44. The standard InChI is InChI=1S/C15H13BrClNO/c16-12-4-5-15-14(9-12)18(6-7-19-15)10-11-2-1-3-13(17)8-11/h1-5,8-9H,6-7,10H2. The van der Waals surface area contributed by atoms with Gasteiger partial charge < -0.3 is 9.64 Å². The number of anilines is 1. The fraction of sp³-hybridized carbons (Fsp3) is 0.200. The second kappa shape index (κ2) is 5.43. The van der Waals surface area contributed by atoms with E-state index < -0.39 is 0 Å². The van der Waals surface area contributed by atoms with Crippen molar-refractivity contribution in [3.05, 3.63) is 57.5 Å². The summed E-state index contributed by atoms with van der Waals surface area (Å²) in [5.74, 6) is 0.941. The summed E-state index contributed by atoms with van der Waals surface area (Å²) in [4.78, 5) is 2.31. The van der Waals surface area contributed by atoms with Gasteiger partial charge in [0.2, 0.25) is 0 Å². The Morgan fingerprint density at radius 2 is 2.11 bits per heavy atom. The third-order valence-electron chi connectivity index (χ3n) is 3.14. The first-order valence-corrected chi connectivity index (χ1v) is 7.31. The smallest absolute Gasteiger partial charge is 0.142 e. The minimum absolute atomic E-state index is 0.717. The van der Waals surface area contributed by atoms with Gasteiger partial charge in [-0.1, -0.05) is 39.7 Å². The molecule has 0 saturated heterocycles. The minimum Gasteiger partial charge on any atom is -0.490 e. The number of ether oxygens (including phenoxy) is 1. The van der Waals surface area contributed by atoms with E-state index in [9.17, 15) is 0 Å². The molecule has 2 aromatic carbocycles. The lowest BCUT2D eigenvalue weighted by Gasteiger charge is -2.31. The summed E-state index contributed by atoms with van der Waals surface area (Å²) >= 11 is 9.55. The molecule has 0 atom stereocenters. The van der Waals surface area contributed by atoms with E-state index in [-0.39, 0.29) is 0 Å². The zero-order valence-electron chi connectivity index (χ0n) is 10.3. The summed E-state index contributed by atoms with van der Waals surface area (Å²) in [6.07, 6.45) is 0. The third-order valence-corrected chi connectivity index (χ3v) is 3.87. The van der Waals surface area contributed by atoms with Gasteiger partial charge in [0.25, 0.3) is 0 Å². The van der Waals surface area contributed by atoms with Crippen molar-refractivity contribution in [1.29, 1.82) is 0 Å². The van der Waals surface area contributed by atoms with Gasteiger partial charge >= 0.3 is 0 Å². The van der Waals surface area contributed by atoms with Gasteiger partial charge in [0.05, 0.1) is 12.2 Å². The molecule has 0 amide bonds. The molecule has 0 bridgehead atoms. The predicted octanol–water partition coefficient (Wildman–Crippen LogP) is 4.50. The Morgan fingerprint density at radius 1 is 1.21 bits per heavy atom. The molecule has 19 heavy (non-hydrogen) atoms. The molecule has 0 unspecified atom stereocenters. The first-order chi connectivity index (χ1) is 9.22. The molecule has 2 aromatic rings. The summed E-state index contributed by atoms with van der Waals surface area (Å²) in [7, 11) is 0. The van der Waals surface area contributed by atoms with Crippen LogP contribution < -0.4 is 9.64 Å². The molecule has 4 heteroatoms. The lowest BCUT2D eigenvalue weighted by atomic mass is 10.1. The van der Waals surface area contributed by atoms with Crippen LogP contribution in [0.2, 0.25) is 5.02 Å². The maximum absolute atomic E-state index is 6.04. The van der Waals surface area contributed by atoms with Crippen molar-refractivity contribution in [2.24, 2.45) is 0 Å². The number of benzene rings is 2. The highest BCUT2D eigenvalue weighted by molar-refractivity contribution is 9.10. The Hall–Kier alpha value is -1.19. The third kappa shape index (κ3) is 2.88. The number of rotatable bonds is 2. The van der Waals surface area contributed by atoms with Crippen molar-refractivity contribution in [1.82, 2.24) is 0 Å². The molecule has 2 nitrogen and oxygen atoms in total. The minimum atomic E-state index is 0.717. The highest BCUT2D eigenvalue weighted by Gasteiger charge is 2.18. The molecule has 0 N–H and O–H groups in total. The van der Waals surface area contributed by atoms with Crippen LogP contribution in [0.4, 0.5) is 5.69 Å². The Bertz CT molecular complexity index is 602. The molecular weight excluding hydrogens is 326 g/mol. The van der Waals surface area contributed by atoms with Crippen LogP contribution in [0.25, 0.3) is 0 Å². The summed E-state index contributed by atoms with van der Waals surface area (Å²) in [5, 5.41) is 0.778. The second-order valence-electron chi connectivity index (χ2n) is 4.51. The topological polar surface area (TPSA) is 12.5 Å². The monoisotopic (exact) mass is 337 g/mol. The largest absolute Gasteiger partial charge is 0.490 e. The van der Waals surface area contributed by atoms with Crippen LogP contribution in [0.15, 0.2) is 46.9 Å². The Balaban J connectivity index is 1.89. The molecule has 3 rings (SSSR count). The van der Waals surface area contributed by atoms with Gasteiger partial charge in [-0.05, 0) is 35.9 Å². The molecule has 0 saturated carbocycles. The van der Waals surface area contributed by atoms with Crippen LogP contribution in [-0.4, -0.2) is 13.2 Å². The Kier molecular flexibility index (Phi) is 3.67. The van der Waals surface area contributed by atoms with Crippen molar-refractivity contribution < 1.29 is 4.74 Å². The average Bonchev–Trinajstić information content (AvgIpc) is 2.39. The Morgan fingerprint density at radius 3 is 2.95 bits per heavy atom. The first-order valence-electron chi connectivity index (χ1n) is 6.14. The van der Waals surface area contributed by atoms with Crippen molar-refractivity contribution in [2.45, 2.75) is 6.54 Å². The molecule has 1 aliphatic rings. The molecule has 1 heterocycles. The molecule has 0 aliphatic carbocycles. The van der Waals surface area contributed by atoms with E-state index in [1.165, 1.54) is 5.56 Å². The molecule has 0 radical (unpaired) electrons. The predicted molar refractivity (Wildman–Crippen MR) is 82.1 cm³/mol. The normalized spacial score (nSPS) is 13.9. The zero-order chi connectivity index (χ0) is 13.2. The van der Waals surface area contributed by atoms with Gasteiger partial charge in [0.15, 0.2) is 0 Å². The van der Waals surface area contributed by atoms with E-state index in [0.29, 0.717) is 0 Å². The number of nitrogens with zero attached hydrogens (tertiary/aromatic N) is 1. The summed E-state index contributed by atoms with van der Waals surface area (Å²) < 4.78 is 6.74. The van der Waals surface area contributed by atoms with E-state index in [1.807, 2.05) is 30.3 Å². The van der Waals surface area contributed by atoms with Gasteiger partial charge in [0, 0.05) is 16.0 Å². The highest BCUT2D eigenvalue weighted by Crippen LogP contribution is 2.35. The number of hydrogen-bond acceptors (Lipinski definition) is 2. The van der Waals surface area contributed by atoms with Crippen LogP contribution in [0.1, 0.15) is 5.56 Å². The van der Waals surface area contributed by atoms with Crippen LogP contribution >= 0.6 is 27.5 Å². The van der Waals surface area contributed by atoms with E-state index in [1.54, 1.807) is 0 Å². The SMILES string of the molecule is Clc1cccc(CN2CCOc3ccc(Br)cc32)c1. The number of fused-ring (bicyclic) bond motifs is 1. The lowest BCUT2D eigenvalue weighted by molar-refractivity contribution is 0.307. The summed E-state index contributed by atoms with van der Waals surface area (Å²) in [5.41, 5.74) is 2.33. The van der Waals surface area contributed by atoms with Crippen LogP contribution in [0, 0.1) is 0 Å². The van der Waals surface area contributed by atoms with Gasteiger partial charge in [-0.25, -0.2) is 0 Å². The molecule has 1 aliphatic heterocycles. The van der Waals surface area contributed by atoms with Gasteiger partial charge in [-0.15, -0.1) is 0 Å². The fourth-order valence-corrected chi connectivity index (χ4v) is 2.83. The zero-order valence-corrected chi connectivity index (χ0v) is 12.6. The number of halogens is 2. The van der Waals surface area contributed by atoms with Gasteiger partial charge in [-0.2, -0.15) is 0 Å². The van der Waals surface area contributed by atoms with Gasteiger partial charge in [0.1, 0.15) is 12.4 Å². The van der Waals surface area contributed by atoms with Crippen LogP contribution in [-0.2, 0) is 6.54 Å². The lowest BCUT2D eigenvalue weighted by Crippen LogP contribution is -2.32. The maximum atomic E-state index is 6.04. The van der Waals surface area contributed by atoms with E-state index in [0.717, 1.165) is 40.6 Å². The maximum Gasteiger partial charge on any atom is 0.142 e. The average molecular weight is 339 g/mol. The van der Waals surface area contributed by atoms with E-state index in [4.69, 9.17) is 16.3 Å². The number of hydrogen-bond donors (Lipinski definition) is 0. The quantitative estimate of drug-likeness (QED) is 0.799. The molecule has 98 valence electrons. The van der Waals surface area contributed by atoms with Crippen LogP contribution in [0.3, 0.4) is 0 Å². The molecule has 0 aromatic heterocycles. The van der Waals surface area contributed by atoms with Crippen LogP contribution in [0.5, 0.6) is 5.75 Å². The van der Waals surface area contributed by atoms with Crippen molar-refractivity contribution in [3.63, 3.8) is 0 Å². The fourth-order valence-electron chi connectivity index (χ4n) is 2.27. The van der Waals surface area contributed by atoms with Crippen molar-refractivity contribution >= 4 is 33.2 Å². The second-order valence-corrected chi connectivity index (χ2v) is 5.86.